The number of benzene rings is 1. The van der Waals surface area contributed by atoms with Gasteiger partial charge in [0.2, 0.25) is 0 Å². The monoisotopic (exact) mass is 263 g/mol. The summed E-state index contributed by atoms with van der Waals surface area (Å²) in [5, 5.41) is 10.1. The number of rotatable bonds is 4. The van der Waals surface area contributed by atoms with Crippen LogP contribution in [0, 0.1) is 13.8 Å². The predicted molar refractivity (Wildman–Crippen MR) is 77.7 cm³/mol. The van der Waals surface area contributed by atoms with Crippen molar-refractivity contribution in [1.82, 2.24) is 4.90 Å². The Morgan fingerprint density at radius 1 is 1.37 bits per heavy atom. The van der Waals surface area contributed by atoms with Crippen LogP contribution in [0.1, 0.15) is 30.9 Å². The number of piperidine rings is 1. The molecule has 3 nitrogen and oxygen atoms in total. The molecule has 0 spiro atoms. The van der Waals surface area contributed by atoms with Crippen molar-refractivity contribution in [3.8, 4) is 5.75 Å². The lowest BCUT2D eigenvalue weighted by atomic mass is 9.95. The van der Waals surface area contributed by atoms with E-state index in [0.29, 0.717) is 6.61 Å². The van der Waals surface area contributed by atoms with Gasteiger partial charge in [0, 0.05) is 13.1 Å². The molecule has 0 aromatic heterocycles. The lowest BCUT2D eigenvalue weighted by molar-refractivity contribution is -0.0183. The zero-order chi connectivity index (χ0) is 13.9. The quantitative estimate of drug-likeness (QED) is 0.906. The molecule has 0 saturated carbocycles. The van der Waals surface area contributed by atoms with Crippen LogP contribution in [0.15, 0.2) is 18.2 Å². The van der Waals surface area contributed by atoms with E-state index in [4.69, 9.17) is 4.74 Å². The maximum atomic E-state index is 10.1. The number of hydrogen-bond acceptors (Lipinski definition) is 3. The molecule has 19 heavy (non-hydrogen) atoms. The molecule has 1 N–H and O–H groups in total. The molecule has 0 aliphatic carbocycles. The van der Waals surface area contributed by atoms with Crippen LogP contribution >= 0.6 is 0 Å². The van der Waals surface area contributed by atoms with Crippen molar-refractivity contribution in [3.63, 3.8) is 0 Å². The molecule has 1 heterocycles. The summed E-state index contributed by atoms with van der Waals surface area (Å²) in [7, 11) is 0. The fourth-order valence-electron chi connectivity index (χ4n) is 2.66. The molecule has 1 aromatic carbocycles. The van der Waals surface area contributed by atoms with E-state index >= 15 is 0 Å². The summed E-state index contributed by atoms with van der Waals surface area (Å²) < 4.78 is 5.87. The molecular weight excluding hydrogens is 238 g/mol. The number of ether oxygens (including phenoxy) is 1. The molecule has 1 aromatic rings. The summed E-state index contributed by atoms with van der Waals surface area (Å²) in [6, 6.07) is 6.28. The van der Waals surface area contributed by atoms with Crippen molar-refractivity contribution in [1.29, 1.82) is 0 Å². The number of nitrogens with zero attached hydrogens (tertiary/aromatic N) is 1. The standard InChI is InChI=1S/C16H25NO2/c1-13-5-6-14(2)15(11-13)19-10-9-17-8-4-7-16(3,18)12-17/h5-6,11,18H,4,7-10,12H2,1-3H3. The van der Waals surface area contributed by atoms with Crippen molar-refractivity contribution < 1.29 is 9.84 Å². The smallest absolute Gasteiger partial charge is 0.122 e. The molecule has 1 fully saturated rings. The normalized spacial score (nSPS) is 24.4. The molecular formula is C16H25NO2. The fourth-order valence-corrected chi connectivity index (χ4v) is 2.66. The van der Waals surface area contributed by atoms with Crippen molar-refractivity contribution in [2.75, 3.05) is 26.2 Å². The van der Waals surface area contributed by atoms with Crippen molar-refractivity contribution in [2.45, 2.75) is 39.2 Å². The summed E-state index contributed by atoms with van der Waals surface area (Å²) in [4.78, 5) is 2.29. The second-order valence-corrected chi connectivity index (χ2v) is 5.99. The lowest BCUT2D eigenvalue weighted by Gasteiger charge is -2.36. The van der Waals surface area contributed by atoms with E-state index < -0.39 is 5.60 Å². The van der Waals surface area contributed by atoms with Crippen LogP contribution in [0.4, 0.5) is 0 Å². The Balaban J connectivity index is 1.81. The lowest BCUT2D eigenvalue weighted by Crippen LogP contribution is -2.47. The van der Waals surface area contributed by atoms with E-state index in [1.807, 2.05) is 6.92 Å². The van der Waals surface area contributed by atoms with Crippen LogP contribution in [0.5, 0.6) is 5.75 Å². The molecule has 1 saturated heterocycles. The van der Waals surface area contributed by atoms with Gasteiger partial charge in [-0.1, -0.05) is 12.1 Å². The van der Waals surface area contributed by atoms with Gasteiger partial charge in [0.1, 0.15) is 12.4 Å². The number of likely N-dealkylation sites (tertiary alicyclic amines) is 1. The Hall–Kier alpha value is -1.06. The van der Waals surface area contributed by atoms with Crippen LogP contribution < -0.4 is 4.74 Å². The minimum absolute atomic E-state index is 0.530. The van der Waals surface area contributed by atoms with Gasteiger partial charge in [-0.15, -0.1) is 0 Å². The maximum absolute atomic E-state index is 10.1. The third-order valence-corrected chi connectivity index (χ3v) is 3.76. The molecule has 0 amide bonds. The molecule has 1 aliphatic rings. The third kappa shape index (κ3) is 4.22. The largest absolute Gasteiger partial charge is 0.492 e. The summed E-state index contributed by atoms with van der Waals surface area (Å²) in [6.07, 6.45) is 1.97. The molecule has 1 atom stereocenters. The van der Waals surface area contributed by atoms with Gasteiger partial charge in [0.15, 0.2) is 0 Å². The molecule has 0 radical (unpaired) electrons. The number of hydrogen-bond donors (Lipinski definition) is 1. The van der Waals surface area contributed by atoms with Gasteiger partial charge in [-0.05, 0) is 57.4 Å². The minimum atomic E-state index is -0.530. The van der Waals surface area contributed by atoms with Gasteiger partial charge in [-0.3, -0.25) is 4.90 Å². The maximum Gasteiger partial charge on any atom is 0.122 e. The van der Waals surface area contributed by atoms with Crippen molar-refractivity contribution in [2.24, 2.45) is 0 Å². The van der Waals surface area contributed by atoms with Gasteiger partial charge in [0.25, 0.3) is 0 Å². The van der Waals surface area contributed by atoms with Gasteiger partial charge in [0.05, 0.1) is 5.60 Å². The number of aliphatic hydroxyl groups is 1. The first-order valence-corrected chi connectivity index (χ1v) is 7.11. The van der Waals surface area contributed by atoms with Crippen LogP contribution in [-0.4, -0.2) is 41.8 Å². The summed E-state index contributed by atoms with van der Waals surface area (Å²) >= 11 is 0. The third-order valence-electron chi connectivity index (χ3n) is 3.76. The van der Waals surface area contributed by atoms with Crippen molar-refractivity contribution >= 4 is 0 Å². The second kappa shape index (κ2) is 5.93. The minimum Gasteiger partial charge on any atom is -0.492 e. The topological polar surface area (TPSA) is 32.7 Å². The first-order valence-electron chi connectivity index (χ1n) is 7.11. The van der Waals surface area contributed by atoms with E-state index in [2.05, 4.69) is 36.9 Å². The molecule has 0 bridgehead atoms. The van der Waals surface area contributed by atoms with E-state index in [0.717, 1.165) is 38.2 Å². The Morgan fingerprint density at radius 3 is 2.89 bits per heavy atom. The second-order valence-electron chi connectivity index (χ2n) is 5.99. The molecule has 3 heteroatoms. The average Bonchev–Trinajstić information content (AvgIpc) is 2.32. The summed E-state index contributed by atoms with van der Waals surface area (Å²) in [5.74, 6) is 0.976. The van der Waals surface area contributed by atoms with E-state index in [1.54, 1.807) is 0 Å². The summed E-state index contributed by atoms with van der Waals surface area (Å²) in [6.45, 7) is 9.44. The van der Waals surface area contributed by atoms with Gasteiger partial charge in [-0.2, -0.15) is 0 Å². The average molecular weight is 263 g/mol. The van der Waals surface area contributed by atoms with Crippen molar-refractivity contribution in [3.05, 3.63) is 29.3 Å². The van der Waals surface area contributed by atoms with E-state index in [-0.39, 0.29) is 0 Å². The number of β-amino-alcohol motifs (C(OH)–C–C–N with tert-alkyl or cyclic N) is 1. The highest BCUT2D eigenvalue weighted by Crippen LogP contribution is 2.21. The highest BCUT2D eigenvalue weighted by molar-refractivity contribution is 5.35. The van der Waals surface area contributed by atoms with E-state index in [9.17, 15) is 5.11 Å². The Labute approximate surface area is 116 Å². The fraction of sp³-hybridized carbons (Fsp3) is 0.625. The zero-order valence-electron chi connectivity index (χ0n) is 12.3. The molecule has 1 aliphatic heterocycles. The highest BCUT2D eigenvalue weighted by Gasteiger charge is 2.27. The zero-order valence-corrected chi connectivity index (χ0v) is 12.3. The molecule has 106 valence electrons. The van der Waals surface area contributed by atoms with E-state index in [1.165, 1.54) is 11.1 Å². The Kier molecular flexibility index (Phi) is 4.48. The highest BCUT2D eigenvalue weighted by atomic mass is 16.5. The van der Waals surface area contributed by atoms with Gasteiger partial charge < -0.3 is 9.84 Å². The predicted octanol–water partition coefficient (Wildman–Crippen LogP) is 2.53. The van der Waals surface area contributed by atoms with Gasteiger partial charge >= 0.3 is 0 Å². The number of aryl methyl sites for hydroxylation is 2. The van der Waals surface area contributed by atoms with Crippen LogP contribution in [0.2, 0.25) is 0 Å². The van der Waals surface area contributed by atoms with Crippen LogP contribution in [0.25, 0.3) is 0 Å². The molecule has 2 rings (SSSR count). The van der Waals surface area contributed by atoms with Gasteiger partial charge in [-0.25, -0.2) is 0 Å². The Bertz CT molecular complexity index is 429. The first kappa shape index (κ1) is 14.4. The van der Waals surface area contributed by atoms with Crippen LogP contribution in [0.3, 0.4) is 0 Å². The summed E-state index contributed by atoms with van der Waals surface area (Å²) in [5.41, 5.74) is 1.87. The van der Waals surface area contributed by atoms with Crippen LogP contribution in [-0.2, 0) is 0 Å². The molecule has 1 unspecified atom stereocenters. The Morgan fingerprint density at radius 2 is 2.16 bits per heavy atom. The first-order chi connectivity index (χ1) is 8.96. The SMILES string of the molecule is Cc1ccc(C)c(OCCN2CCCC(C)(O)C2)c1.